The van der Waals surface area contributed by atoms with Gasteiger partial charge in [-0.2, -0.15) is 0 Å². The lowest BCUT2D eigenvalue weighted by atomic mass is 9.91. The van der Waals surface area contributed by atoms with Gasteiger partial charge in [0.15, 0.2) is 0 Å². The van der Waals surface area contributed by atoms with E-state index in [4.69, 9.17) is 16.3 Å². The Morgan fingerprint density at radius 1 is 1.25 bits per heavy atom. The van der Waals surface area contributed by atoms with Crippen molar-refractivity contribution in [3.8, 4) is 5.75 Å². The second kappa shape index (κ2) is 6.15. The molecule has 2 unspecified atom stereocenters. The minimum atomic E-state index is 0.187. The number of halogens is 1. The van der Waals surface area contributed by atoms with Crippen molar-refractivity contribution < 1.29 is 4.74 Å². The molecule has 2 atom stereocenters. The molecule has 0 heterocycles. The normalized spacial score (nSPS) is 14.9. The van der Waals surface area contributed by atoms with Crippen LogP contribution in [0.3, 0.4) is 0 Å². The summed E-state index contributed by atoms with van der Waals surface area (Å²) in [4.78, 5) is 0. The van der Waals surface area contributed by atoms with Crippen LogP contribution >= 0.6 is 11.6 Å². The molecule has 0 saturated carbocycles. The highest BCUT2D eigenvalue weighted by atomic mass is 35.5. The topological polar surface area (TPSA) is 9.23 Å². The van der Waals surface area contributed by atoms with Gasteiger partial charge in [0.25, 0.3) is 0 Å². The third-order valence-corrected chi connectivity index (χ3v) is 3.74. The van der Waals surface area contributed by atoms with Gasteiger partial charge < -0.3 is 4.74 Å². The lowest BCUT2D eigenvalue weighted by Gasteiger charge is -2.21. The summed E-state index contributed by atoms with van der Waals surface area (Å²) in [5, 5.41) is 0.187. The van der Waals surface area contributed by atoms with Gasteiger partial charge in [-0.15, -0.1) is 11.6 Å². The number of hydrogen-bond acceptors (Lipinski definition) is 1. The largest absolute Gasteiger partial charge is 0.497 e. The molecule has 0 spiro atoms. The van der Waals surface area contributed by atoms with E-state index in [-0.39, 0.29) is 5.38 Å². The van der Waals surface area contributed by atoms with Gasteiger partial charge in [-0.1, -0.05) is 32.9 Å². The summed E-state index contributed by atoms with van der Waals surface area (Å²) in [7, 11) is 1.69. The molecule has 1 rings (SSSR count). The lowest BCUT2D eigenvalue weighted by molar-refractivity contribution is 0.397. The molecule has 0 aromatic heterocycles. The zero-order valence-electron chi connectivity index (χ0n) is 10.5. The molecule has 0 bridgehead atoms. The van der Waals surface area contributed by atoms with Crippen LogP contribution in [0.15, 0.2) is 24.3 Å². The third-order valence-electron chi connectivity index (χ3n) is 3.19. The first kappa shape index (κ1) is 13.4. The Labute approximate surface area is 104 Å². The Morgan fingerprint density at radius 3 is 2.50 bits per heavy atom. The monoisotopic (exact) mass is 240 g/mol. The summed E-state index contributed by atoms with van der Waals surface area (Å²) in [6.45, 7) is 6.64. The van der Waals surface area contributed by atoms with Crippen LogP contribution in [-0.2, 0) is 6.42 Å². The molecule has 0 fully saturated rings. The molecule has 1 aromatic carbocycles. The number of benzene rings is 1. The van der Waals surface area contributed by atoms with Crippen LogP contribution in [0.25, 0.3) is 0 Å². The van der Waals surface area contributed by atoms with Crippen molar-refractivity contribution in [2.45, 2.75) is 32.6 Å². The zero-order valence-corrected chi connectivity index (χ0v) is 11.3. The van der Waals surface area contributed by atoms with Gasteiger partial charge in [0.1, 0.15) is 5.75 Å². The van der Waals surface area contributed by atoms with E-state index >= 15 is 0 Å². The summed E-state index contributed by atoms with van der Waals surface area (Å²) in [5.41, 5.74) is 1.24. The SMILES string of the molecule is COc1cccc(CC(Cl)C(C)C(C)C)c1. The molecule has 1 aromatic rings. The first-order chi connectivity index (χ1) is 7.54. The summed E-state index contributed by atoms with van der Waals surface area (Å²) in [5.74, 6) is 2.04. The number of hydrogen-bond donors (Lipinski definition) is 0. The molecule has 0 radical (unpaired) electrons. The van der Waals surface area contributed by atoms with Crippen molar-refractivity contribution in [3.05, 3.63) is 29.8 Å². The van der Waals surface area contributed by atoms with Gasteiger partial charge in [0.2, 0.25) is 0 Å². The lowest BCUT2D eigenvalue weighted by Crippen LogP contribution is -2.19. The van der Waals surface area contributed by atoms with E-state index in [1.54, 1.807) is 7.11 Å². The highest BCUT2D eigenvalue weighted by molar-refractivity contribution is 6.20. The second-order valence-electron chi connectivity index (χ2n) is 4.67. The van der Waals surface area contributed by atoms with Gasteiger partial charge in [-0.25, -0.2) is 0 Å². The first-order valence-electron chi connectivity index (χ1n) is 5.81. The van der Waals surface area contributed by atoms with E-state index in [1.807, 2.05) is 12.1 Å². The van der Waals surface area contributed by atoms with Crippen LogP contribution in [0, 0.1) is 11.8 Å². The van der Waals surface area contributed by atoms with Gasteiger partial charge in [0, 0.05) is 5.38 Å². The quantitative estimate of drug-likeness (QED) is 0.703. The molecule has 0 aliphatic heterocycles. The van der Waals surface area contributed by atoms with Crippen LogP contribution in [0.2, 0.25) is 0 Å². The molecule has 0 aliphatic rings. The van der Waals surface area contributed by atoms with Crippen molar-refractivity contribution in [1.29, 1.82) is 0 Å². The minimum absolute atomic E-state index is 0.187. The van der Waals surface area contributed by atoms with E-state index in [2.05, 4.69) is 32.9 Å². The maximum atomic E-state index is 6.42. The fourth-order valence-electron chi connectivity index (χ4n) is 1.63. The van der Waals surface area contributed by atoms with Crippen LogP contribution in [0.1, 0.15) is 26.3 Å². The molecule has 2 heteroatoms. The summed E-state index contributed by atoms with van der Waals surface area (Å²) >= 11 is 6.42. The average Bonchev–Trinajstić information content (AvgIpc) is 2.28. The fourth-order valence-corrected chi connectivity index (χ4v) is 2.10. The molecule has 90 valence electrons. The Bertz CT molecular complexity index is 322. The summed E-state index contributed by atoms with van der Waals surface area (Å²) in [6, 6.07) is 8.13. The van der Waals surface area contributed by atoms with Crippen LogP contribution in [0.5, 0.6) is 5.75 Å². The van der Waals surface area contributed by atoms with E-state index in [1.165, 1.54) is 5.56 Å². The first-order valence-corrected chi connectivity index (χ1v) is 6.25. The Balaban J connectivity index is 2.65. The molecule has 0 amide bonds. The smallest absolute Gasteiger partial charge is 0.119 e. The van der Waals surface area contributed by atoms with Crippen molar-refractivity contribution in [2.24, 2.45) is 11.8 Å². The van der Waals surface area contributed by atoms with E-state index < -0.39 is 0 Å². The van der Waals surface area contributed by atoms with Crippen LogP contribution in [0.4, 0.5) is 0 Å². The number of alkyl halides is 1. The van der Waals surface area contributed by atoms with Crippen molar-refractivity contribution in [2.75, 3.05) is 7.11 Å². The summed E-state index contributed by atoms with van der Waals surface area (Å²) in [6.07, 6.45) is 0.901. The van der Waals surface area contributed by atoms with E-state index in [9.17, 15) is 0 Å². The van der Waals surface area contributed by atoms with E-state index in [0.717, 1.165) is 12.2 Å². The van der Waals surface area contributed by atoms with Gasteiger partial charge >= 0.3 is 0 Å². The molecule has 0 aliphatic carbocycles. The number of methoxy groups -OCH3 is 1. The predicted molar refractivity (Wildman–Crippen MR) is 70.3 cm³/mol. The molecule has 0 saturated heterocycles. The Morgan fingerprint density at radius 2 is 1.94 bits per heavy atom. The van der Waals surface area contributed by atoms with Crippen molar-refractivity contribution >= 4 is 11.6 Å². The summed E-state index contributed by atoms with van der Waals surface area (Å²) < 4.78 is 5.20. The maximum absolute atomic E-state index is 6.42. The number of rotatable bonds is 5. The molecule has 1 nitrogen and oxygen atoms in total. The van der Waals surface area contributed by atoms with E-state index in [0.29, 0.717) is 11.8 Å². The molecule has 0 N–H and O–H groups in total. The van der Waals surface area contributed by atoms with Gasteiger partial charge in [-0.05, 0) is 36.0 Å². The maximum Gasteiger partial charge on any atom is 0.119 e. The Kier molecular flexibility index (Phi) is 5.14. The standard InChI is InChI=1S/C14H21ClO/c1-10(2)11(3)14(15)9-12-6-5-7-13(8-12)16-4/h5-8,10-11,14H,9H2,1-4H3. The molecule has 16 heavy (non-hydrogen) atoms. The Hall–Kier alpha value is -0.690. The molecular formula is C14H21ClO. The third kappa shape index (κ3) is 3.71. The zero-order chi connectivity index (χ0) is 12.1. The van der Waals surface area contributed by atoms with Gasteiger partial charge in [-0.3, -0.25) is 0 Å². The van der Waals surface area contributed by atoms with Crippen molar-refractivity contribution in [3.63, 3.8) is 0 Å². The molecular weight excluding hydrogens is 220 g/mol. The highest BCUT2D eigenvalue weighted by Crippen LogP contribution is 2.24. The van der Waals surface area contributed by atoms with Crippen molar-refractivity contribution in [1.82, 2.24) is 0 Å². The van der Waals surface area contributed by atoms with Gasteiger partial charge in [0.05, 0.1) is 7.11 Å². The fraction of sp³-hybridized carbons (Fsp3) is 0.571. The highest BCUT2D eigenvalue weighted by Gasteiger charge is 2.18. The predicted octanol–water partition coefficient (Wildman–Crippen LogP) is 4.14. The second-order valence-corrected chi connectivity index (χ2v) is 5.24. The minimum Gasteiger partial charge on any atom is -0.497 e. The van der Waals surface area contributed by atoms with Crippen LogP contribution in [-0.4, -0.2) is 12.5 Å². The van der Waals surface area contributed by atoms with Crippen LogP contribution < -0.4 is 4.74 Å². The average molecular weight is 241 g/mol. The number of ether oxygens (including phenoxy) is 1.